The first-order valence-electron chi connectivity index (χ1n) is 10.9. The molecule has 5 aliphatic rings. The van der Waals surface area contributed by atoms with Crippen molar-refractivity contribution < 1.29 is 19.1 Å². The summed E-state index contributed by atoms with van der Waals surface area (Å²) in [4.78, 5) is 37.9. The summed E-state index contributed by atoms with van der Waals surface area (Å²) in [6.45, 7) is -0.330. The molecule has 2 N–H and O–H groups in total. The summed E-state index contributed by atoms with van der Waals surface area (Å²) in [5.41, 5.74) is 0.410. The maximum Gasteiger partial charge on any atom is 0.312 e. The van der Waals surface area contributed by atoms with E-state index in [9.17, 15) is 14.4 Å². The summed E-state index contributed by atoms with van der Waals surface area (Å²) in [5, 5.41) is 5.67. The Hall–Kier alpha value is -1.89. The zero-order valence-electron chi connectivity index (χ0n) is 16.9. The molecule has 4 bridgehead atoms. The third-order valence-corrected chi connectivity index (χ3v) is 8.04. The number of nitrogens with one attached hydrogen (secondary N) is 2. The molecule has 30 heavy (non-hydrogen) atoms. The number of rotatable bonds is 6. The van der Waals surface area contributed by atoms with Gasteiger partial charge in [-0.3, -0.25) is 14.4 Å². The summed E-state index contributed by atoms with van der Waals surface area (Å²) >= 11 is 3.90. The number of ether oxygens (including phenoxy) is 1. The van der Waals surface area contributed by atoms with Gasteiger partial charge in [-0.05, 0) is 75.3 Å². The van der Waals surface area contributed by atoms with Crippen LogP contribution in [0.2, 0.25) is 0 Å². The van der Waals surface area contributed by atoms with Gasteiger partial charge in [0.25, 0.3) is 11.8 Å². The smallest absolute Gasteiger partial charge is 0.312 e. The number of carbonyl (C=O) groups excluding carboxylic acids is 3. The van der Waals surface area contributed by atoms with E-state index in [-0.39, 0.29) is 28.8 Å². The molecule has 6 rings (SSSR count). The van der Waals surface area contributed by atoms with Crippen molar-refractivity contribution in [3.8, 4) is 0 Å². The van der Waals surface area contributed by atoms with Crippen LogP contribution in [0.5, 0.6) is 0 Å². The maximum atomic E-state index is 13.0. The summed E-state index contributed by atoms with van der Waals surface area (Å²) in [6, 6.07) is 7.14. The molecule has 1 aromatic carbocycles. The molecule has 2 atom stereocenters. The molecule has 0 heterocycles. The molecule has 6 nitrogen and oxygen atoms in total. The fraction of sp³-hybridized carbons (Fsp3) is 0.609. The minimum atomic E-state index is -0.448. The van der Waals surface area contributed by atoms with Gasteiger partial charge in [0.1, 0.15) is 0 Å². The van der Waals surface area contributed by atoms with E-state index in [1.54, 1.807) is 24.3 Å². The van der Waals surface area contributed by atoms with Crippen molar-refractivity contribution in [1.29, 1.82) is 0 Å². The first kappa shape index (κ1) is 20.0. The van der Waals surface area contributed by atoms with Crippen molar-refractivity contribution >= 4 is 39.4 Å². The first-order valence-corrected chi connectivity index (χ1v) is 11.7. The first-order chi connectivity index (χ1) is 14.3. The normalized spacial score (nSPS) is 33.8. The fourth-order valence-corrected chi connectivity index (χ4v) is 7.59. The Labute approximate surface area is 184 Å². The quantitative estimate of drug-likeness (QED) is 0.485. The minimum absolute atomic E-state index is 0.0617. The number of esters is 1. The van der Waals surface area contributed by atoms with E-state index in [1.807, 2.05) is 0 Å². The predicted octanol–water partition coefficient (Wildman–Crippen LogP) is 3.79. The monoisotopic (exact) mass is 474 g/mol. The molecule has 160 valence electrons. The lowest BCUT2D eigenvalue weighted by Crippen LogP contribution is -2.56. The standard InChI is InChI=1S/C23H27BrN2O4/c24-23-10-14-7-15(11-23)9-22(8-14,13-23)21(29)30-12-19(27)26-18-4-2-1-3-17(18)20(28)25-16-5-6-16/h1-4,14-16H,5-13H2,(H,25,28)(H,26,27). The number of carbonyl (C=O) groups is 3. The molecule has 2 amide bonds. The van der Waals surface area contributed by atoms with Crippen LogP contribution in [0.25, 0.3) is 0 Å². The van der Waals surface area contributed by atoms with Crippen molar-refractivity contribution in [2.75, 3.05) is 11.9 Å². The summed E-state index contributed by atoms with van der Waals surface area (Å²) in [6.07, 6.45) is 8.03. The van der Waals surface area contributed by atoms with Crippen LogP contribution in [0.3, 0.4) is 0 Å². The minimum Gasteiger partial charge on any atom is -0.455 e. The maximum absolute atomic E-state index is 13.0. The highest BCUT2D eigenvalue weighted by molar-refractivity contribution is 9.10. The number of halogens is 1. The Kier molecular flexibility index (Phi) is 4.92. The van der Waals surface area contributed by atoms with E-state index in [1.165, 1.54) is 6.42 Å². The van der Waals surface area contributed by atoms with E-state index in [0.29, 0.717) is 23.1 Å². The molecule has 0 spiro atoms. The van der Waals surface area contributed by atoms with Crippen LogP contribution in [-0.4, -0.2) is 34.8 Å². The van der Waals surface area contributed by atoms with Gasteiger partial charge in [0.15, 0.2) is 6.61 Å². The van der Waals surface area contributed by atoms with Crippen molar-refractivity contribution in [3.63, 3.8) is 0 Å². The molecule has 5 aliphatic carbocycles. The molecular weight excluding hydrogens is 448 g/mol. The molecule has 7 heteroatoms. The van der Waals surface area contributed by atoms with Crippen LogP contribution in [0.15, 0.2) is 24.3 Å². The Morgan fingerprint density at radius 1 is 1.07 bits per heavy atom. The van der Waals surface area contributed by atoms with Gasteiger partial charge in [-0.15, -0.1) is 0 Å². The fourth-order valence-electron chi connectivity index (χ4n) is 6.14. The topological polar surface area (TPSA) is 84.5 Å². The zero-order chi connectivity index (χ0) is 20.9. The van der Waals surface area contributed by atoms with Crippen molar-refractivity contribution in [2.24, 2.45) is 17.3 Å². The van der Waals surface area contributed by atoms with Crippen LogP contribution in [0.1, 0.15) is 61.7 Å². The summed E-state index contributed by atoms with van der Waals surface area (Å²) < 4.78 is 5.57. The lowest BCUT2D eigenvalue weighted by molar-refractivity contribution is -0.170. The van der Waals surface area contributed by atoms with Crippen molar-refractivity contribution in [1.82, 2.24) is 5.32 Å². The molecule has 0 aliphatic heterocycles. The van der Waals surface area contributed by atoms with Crippen LogP contribution in [0, 0.1) is 17.3 Å². The highest BCUT2D eigenvalue weighted by Crippen LogP contribution is 2.64. The van der Waals surface area contributed by atoms with Crippen molar-refractivity contribution in [3.05, 3.63) is 29.8 Å². The van der Waals surface area contributed by atoms with Gasteiger partial charge in [0, 0.05) is 10.4 Å². The number of anilines is 1. The van der Waals surface area contributed by atoms with Gasteiger partial charge in [0.2, 0.25) is 0 Å². The van der Waals surface area contributed by atoms with Crippen molar-refractivity contribution in [2.45, 2.75) is 61.7 Å². The number of alkyl halides is 1. The highest BCUT2D eigenvalue weighted by Gasteiger charge is 2.60. The Morgan fingerprint density at radius 2 is 1.77 bits per heavy atom. The number of para-hydroxylation sites is 1. The molecule has 5 fully saturated rings. The highest BCUT2D eigenvalue weighted by atomic mass is 79.9. The summed E-state index contributed by atoms with van der Waals surface area (Å²) in [7, 11) is 0. The van der Waals surface area contributed by atoms with E-state index >= 15 is 0 Å². The largest absolute Gasteiger partial charge is 0.455 e. The molecule has 1 aromatic rings. The van der Waals surface area contributed by atoms with Gasteiger partial charge in [-0.25, -0.2) is 0 Å². The molecule has 5 saturated carbocycles. The van der Waals surface area contributed by atoms with Gasteiger partial charge in [-0.2, -0.15) is 0 Å². The zero-order valence-corrected chi connectivity index (χ0v) is 18.5. The van der Waals surface area contributed by atoms with Crippen LogP contribution >= 0.6 is 15.9 Å². The van der Waals surface area contributed by atoms with E-state index < -0.39 is 11.3 Å². The Balaban J connectivity index is 1.20. The molecule has 0 saturated heterocycles. The van der Waals surface area contributed by atoms with E-state index in [0.717, 1.165) is 44.9 Å². The molecule has 2 unspecified atom stereocenters. The summed E-state index contributed by atoms with van der Waals surface area (Å²) in [5.74, 6) is 0.290. The van der Waals surface area contributed by atoms with Gasteiger partial charge >= 0.3 is 5.97 Å². The predicted molar refractivity (Wildman–Crippen MR) is 115 cm³/mol. The van der Waals surface area contributed by atoms with Crippen LogP contribution < -0.4 is 10.6 Å². The van der Waals surface area contributed by atoms with E-state index in [4.69, 9.17) is 4.74 Å². The van der Waals surface area contributed by atoms with E-state index in [2.05, 4.69) is 26.6 Å². The number of amides is 2. The third-order valence-electron chi connectivity index (χ3n) is 7.12. The molecule has 0 radical (unpaired) electrons. The number of benzene rings is 1. The Bertz CT molecular complexity index is 883. The second-order valence-electron chi connectivity index (χ2n) is 9.81. The molecule has 0 aromatic heterocycles. The van der Waals surface area contributed by atoms with Crippen LogP contribution in [-0.2, 0) is 14.3 Å². The number of hydrogen-bond donors (Lipinski definition) is 2. The lowest BCUT2D eigenvalue weighted by atomic mass is 9.49. The van der Waals surface area contributed by atoms with Gasteiger partial charge < -0.3 is 15.4 Å². The third kappa shape index (κ3) is 3.88. The van der Waals surface area contributed by atoms with Crippen LogP contribution in [0.4, 0.5) is 5.69 Å². The SMILES string of the molecule is O=C(COC(=O)C12CC3CC(CC(Br)(C3)C1)C2)Nc1ccccc1C(=O)NC1CC1. The number of hydrogen-bond acceptors (Lipinski definition) is 4. The Morgan fingerprint density at radius 3 is 2.43 bits per heavy atom. The average Bonchev–Trinajstić information content (AvgIpc) is 3.48. The van der Waals surface area contributed by atoms with Gasteiger partial charge in [-0.1, -0.05) is 28.1 Å². The molecular formula is C23H27BrN2O4. The second-order valence-corrected chi connectivity index (χ2v) is 11.5. The lowest BCUT2D eigenvalue weighted by Gasteiger charge is -2.58. The average molecular weight is 475 g/mol. The second kappa shape index (κ2) is 7.36. The van der Waals surface area contributed by atoms with Gasteiger partial charge in [0.05, 0.1) is 16.7 Å².